The van der Waals surface area contributed by atoms with E-state index in [1.165, 1.54) is 11.5 Å². The molecule has 12 heavy (non-hydrogen) atoms. The van der Waals surface area contributed by atoms with Gasteiger partial charge in [0.1, 0.15) is 10.8 Å². The summed E-state index contributed by atoms with van der Waals surface area (Å²) in [4.78, 5) is 0. The van der Waals surface area contributed by atoms with E-state index in [1.807, 2.05) is 13.0 Å². The molecule has 1 rings (SSSR count). The lowest BCUT2D eigenvalue weighted by atomic mass is 10.4. The highest BCUT2D eigenvalue weighted by atomic mass is 32.1. The number of nitrogen functional groups attached to an aromatic ring is 1. The molecular weight excluding hydrogens is 174 g/mol. The van der Waals surface area contributed by atoms with E-state index in [9.17, 15) is 0 Å². The zero-order chi connectivity index (χ0) is 8.97. The maximum absolute atomic E-state index is 5.46. The van der Waals surface area contributed by atoms with E-state index >= 15 is 0 Å². The summed E-state index contributed by atoms with van der Waals surface area (Å²) < 4.78 is 8.92. The zero-order valence-corrected chi connectivity index (χ0v) is 8.02. The molecule has 1 heterocycles. The van der Waals surface area contributed by atoms with Gasteiger partial charge in [0.15, 0.2) is 0 Å². The molecule has 0 aliphatic carbocycles. The van der Waals surface area contributed by atoms with Crippen molar-refractivity contribution in [1.82, 2.24) is 4.37 Å². The van der Waals surface area contributed by atoms with Crippen LogP contribution in [-0.2, 0) is 4.74 Å². The van der Waals surface area contributed by atoms with Crippen LogP contribution < -0.4 is 11.1 Å². The van der Waals surface area contributed by atoms with E-state index in [1.54, 1.807) is 7.11 Å². The molecule has 0 aliphatic rings. The Morgan fingerprint density at radius 1 is 1.83 bits per heavy atom. The minimum absolute atomic E-state index is 0.287. The van der Waals surface area contributed by atoms with Crippen molar-refractivity contribution < 1.29 is 4.74 Å². The highest BCUT2D eigenvalue weighted by molar-refractivity contribution is 7.10. The molecule has 4 nitrogen and oxygen atoms in total. The number of aromatic nitrogens is 1. The van der Waals surface area contributed by atoms with Crippen LogP contribution in [0.5, 0.6) is 0 Å². The SMILES string of the molecule is COCC(C)Nc1cc(N)ns1. The Labute approximate surface area is 75.9 Å². The number of ether oxygens (including phenoxy) is 1. The van der Waals surface area contributed by atoms with Gasteiger partial charge in [0.05, 0.1) is 6.61 Å². The van der Waals surface area contributed by atoms with Crippen LogP contribution in [0.2, 0.25) is 0 Å². The van der Waals surface area contributed by atoms with Crippen molar-refractivity contribution in [2.75, 3.05) is 24.8 Å². The molecule has 0 saturated heterocycles. The van der Waals surface area contributed by atoms with Crippen LogP contribution in [0.3, 0.4) is 0 Å². The Bertz CT molecular complexity index is 238. The fourth-order valence-corrected chi connectivity index (χ4v) is 1.58. The average Bonchev–Trinajstić information content (AvgIpc) is 2.36. The maximum Gasteiger partial charge on any atom is 0.139 e. The van der Waals surface area contributed by atoms with Gasteiger partial charge in [-0.25, -0.2) is 0 Å². The highest BCUT2D eigenvalue weighted by Gasteiger charge is 2.03. The lowest BCUT2D eigenvalue weighted by Gasteiger charge is -2.10. The first kappa shape index (κ1) is 9.28. The van der Waals surface area contributed by atoms with Crippen molar-refractivity contribution in [2.45, 2.75) is 13.0 Å². The van der Waals surface area contributed by atoms with Gasteiger partial charge in [-0.1, -0.05) is 0 Å². The Morgan fingerprint density at radius 2 is 2.58 bits per heavy atom. The zero-order valence-electron chi connectivity index (χ0n) is 7.20. The number of nitrogens with zero attached hydrogens (tertiary/aromatic N) is 1. The fourth-order valence-electron chi connectivity index (χ4n) is 0.891. The van der Waals surface area contributed by atoms with E-state index in [-0.39, 0.29) is 6.04 Å². The first-order valence-corrected chi connectivity index (χ1v) is 4.47. The van der Waals surface area contributed by atoms with Crippen molar-refractivity contribution in [3.05, 3.63) is 6.07 Å². The summed E-state index contributed by atoms with van der Waals surface area (Å²) in [5.74, 6) is 0.562. The standard InChI is InChI=1S/C7H13N3OS/c1-5(4-11-2)9-7-3-6(8)10-12-7/h3,5,9H,4H2,1-2H3,(H2,8,10). The van der Waals surface area contributed by atoms with Crippen molar-refractivity contribution in [1.29, 1.82) is 0 Å². The second kappa shape index (κ2) is 4.27. The number of methoxy groups -OCH3 is 1. The van der Waals surface area contributed by atoms with Crippen molar-refractivity contribution in [3.63, 3.8) is 0 Å². The second-order valence-corrected chi connectivity index (χ2v) is 3.42. The maximum atomic E-state index is 5.46. The third-order valence-electron chi connectivity index (χ3n) is 1.33. The largest absolute Gasteiger partial charge is 0.383 e. The van der Waals surface area contributed by atoms with Crippen LogP contribution >= 0.6 is 11.5 Å². The van der Waals surface area contributed by atoms with Crippen molar-refractivity contribution in [3.8, 4) is 0 Å². The Hall–Kier alpha value is -0.810. The van der Waals surface area contributed by atoms with Gasteiger partial charge in [-0.15, -0.1) is 0 Å². The molecule has 0 amide bonds. The van der Waals surface area contributed by atoms with Crippen molar-refractivity contribution >= 4 is 22.4 Å². The van der Waals surface area contributed by atoms with E-state index < -0.39 is 0 Å². The van der Waals surface area contributed by atoms with Gasteiger partial charge in [0.25, 0.3) is 0 Å². The summed E-state index contributed by atoms with van der Waals surface area (Å²) in [6, 6.07) is 2.10. The normalized spacial score (nSPS) is 12.8. The number of nitrogens with one attached hydrogen (secondary N) is 1. The molecule has 0 saturated carbocycles. The second-order valence-electron chi connectivity index (χ2n) is 2.62. The molecule has 1 unspecified atom stereocenters. The number of hydrogen-bond donors (Lipinski definition) is 2. The lowest BCUT2D eigenvalue weighted by Crippen LogP contribution is -2.19. The molecule has 68 valence electrons. The van der Waals surface area contributed by atoms with Gasteiger partial charge in [-0.3, -0.25) is 0 Å². The highest BCUT2D eigenvalue weighted by Crippen LogP contribution is 2.18. The number of anilines is 2. The molecule has 0 aliphatic heterocycles. The third-order valence-corrected chi connectivity index (χ3v) is 2.07. The van der Waals surface area contributed by atoms with Crippen LogP contribution in [0, 0.1) is 0 Å². The summed E-state index contributed by atoms with van der Waals surface area (Å²) >= 11 is 1.36. The molecule has 1 aromatic rings. The predicted molar refractivity (Wildman–Crippen MR) is 51.5 cm³/mol. The first-order valence-electron chi connectivity index (χ1n) is 3.70. The van der Waals surface area contributed by atoms with Crippen LogP contribution in [0.1, 0.15) is 6.92 Å². The summed E-state index contributed by atoms with van der Waals surface area (Å²) in [7, 11) is 1.68. The van der Waals surface area contributed by atoms with E-state index in [0.29, 0.717) is 12.4 Å². The molecule has 0 aromatic carbocycles. The van der Waals surface area contributed by atoms with Crippen LogP contribution in [0.4, 0.5) is 10.8 Å². The molecule has 0 spiro atoms. The van der Waals surface area contributed by atoms with E-state index in [2.05, 4.69) is 9.69 Å². The van der Waals surface area contributed by atoms with Gasteiger partial charge in [-0.05, 0) is 18.5 Å². The summed E-state index contributed by atoms with van der Waals surface area (Å²) in [5, 5.41) is 4.20. The minimum atomic E-state index is 0.287. The molecule has 0 bridgehead atoms. The smallest absolute Gasteiger partial charge is 0.139 e. The van der Waals surface area contributed by atoms with E-state index in [0.717, 1.165) is 5.00 Å². The third kappa shape index (κ3) is 2.67. The molecular formula is C7H13N3OS. The summed E-state index contributed by atoms with van der Waals surface area (Å²) in [6.45, 7) is 2.72. The summed E-state index contributed by atoms with van der Waals surface area (Å²) in [6.07, 6.45) is 0. The molecule has 0 radical (unpaired) electrons. The van der Waals surface area contributed by atoms with Gasteiger partial charge < -0.3 is 15.8 Å². The van der Waals surface area contributed by atoms with Gasteiger partial charge >= 0.3 is 0 Å². The van der Waals surface area contributed by atoms with Gasteiger partial charge in [0.2, 0.25) is 0 Å². The van der Waals surface area contributed by atoms with Crippen LogP contribution in [0.25, 0.3) is 0 Å². The monoisotopic (exact) mass is 187 g/mol. The molecule has 3 N–H and O–H groups in total. The predicted octanol–water partition coefficient (Wildman–Crippen LogP) is 1.17. The molecule has 1 atom stereocenters. The number of nitrogens with two attached hydrogens (primary N) is 1. The quantitative estimate of drug-likeness (QED) is 0.743. The topological polar surface area (TPSA) is 60.2 Å². The molecule has 0 fully saturated rings. The fraction of sp³-hybridized carbons (Fsp3) is 0.571. The van der Waals surface area contributed by atoms with E-state index in [4.69, 9.17) is 10.5 Å². The Balaban J connectivity index is 2.41. The van der Waals surface area contributed by atoms with Gasteiger partial charge in [0, 0.05) is 19.2 Å². The van der Waals surface area contributed by atoms with Crippen LogP contribution in [0.15, 0.2) is 6.07 Å². The minimum Gasteiger partial charge on any atom is -0.383 e. The first-order chi connectivity index (χ1) is 5.72. The Kier molecular flexibility index (Phi) is 3.31. The molecule has 5 heteroatoms. The summed E-state index contributed by atoms with van der Waals surface area (Å²) in [5.41, 5.74) is 5.46. The number of rotatable bonds is 4. The average molecular weight is 187 g/mol. The van der Waals surface area contributed by atoms with Gasteiger partial charge in [-0.2, -0.15) is 4.37 Å². The Morgan fingerprint density at radius 3 is 3.08 bits per heavy atom. The number of hydrogen-bond acceptors (Lipinski definition) is 5. The van der Waals surface area contributed by atoms with Crippen molar-refractivity contribution in [2.24, 2.45) is 0 Å². The lowest BCUT2D eigenvalue weighted by molar-refractivity contribution is 0.190. The van der Waals surface area contributed by atoms with Crippen LogP contribution in [-0.4, -0.2) is 24.1 Å². The molecule has 1 aromatic heterocycles.